The molecule has 0 saturated heterocycles. The number of hydrogen-bond donors (Lipinski definition) is 2. The molecule has 21 heavy (non-hydrogen) atoms. The molecule has 1 aromatic carbocycles. The average molecular weight is 399 g/mol. The second-order valence-electron chi connectivity index (χ2n) is 5.75. The van der Waals surface area contributed by atoms with E-state index in [9.17, 15) is 0 Å². The van der Waals surface area contributed by atoms with Crippen molar-refractivity contribution < 1.29 is 0 Å². The molecule has 0 amide bonds. The van der Waals surface area contributed by atoms with E-state index in [2.05, 4.69) is 66.6 Å². The maximum absolute atomic E-state index is 5.21. The standard InChI is InChI=1S/C17H25N3.HI/c1-6-12-19-16(18-5)20-13-11-14-7-9-15(10-8-14)17(2,3)4;/h1,7-10H,11-13H2,2-5H3,(H2,18,19,20);1H. The first-order valence-corrected chi connectivity index (χ1v) is 6.95. The molecule has 0 atom stereocenters. The van der Waals surface area contributed by atoms with Crippen molar-refractivity contribution >= 4 is 29.9 Å². The average Bonchev–Trinajstić information content (AvgIpc) is 2.42. The normalized spacial score (nSPS) is 11.3. The van der Waals surface area contributed by atoms with Gasteiger partial charge in [0.1, 0.15) is 0 Å². The fraction of sp³-hybridized carbons (Fsp3) is 0.471. The summed E-state index contributed by atoms with van der Waals surface area (Å²) in [4.78, 5) is 4.10. The minimum absolute atomic E-state index is 0. The van der Waals surface area contributed by atoms with Gasteiger partial charge >= 0.3 is 0 Å². The number of hydrogen-bond acceptors (Lipinski definition) is 1. The summed E-state index contributed by atoms with van der Waals surface area (Å²) < 4.78 is 0. The van der Waals surface area contributed by atoms with Crippen LogP contribution in [0.2, 0.25) is 0 Å². The third-order valence-electron chi connectivity index (χ3n) is 3.11. The number of rotatable bonds is 4. The van der Waals surface area contributed by atoms with Crippen LogP contribution in [0.25, 0.3) is 0 Å². The first-order valence-electron chi connectivity index (χ1n) is 6.95. The Morgan fingerprint density at radius 3 is 2.29 bits per heavy atom. The van der Waals surface area contributed by atoms with Crippen LogP contribution < -0.4 is 10.6 Å². The van der Waals surface area contributed by atoms with Crippen molar-refractivity contribution in [3.05, 3.63) is 35.4 Å². The number of terminal acetylenes is 1. The number of aliphatic imine (C=N–C) groups is 1. The molecule has 1 aromatic rings. The summed E-state index contributed by atoms with van der Waals surface area (Å²) in [6.07, 6.45) is 6.16. The number of nitrogens with one attached hydrogen (secondary N) is 2. The zero-order valence-electron chi connectivity index (χ0n) is 13.4. The number of benzene rings is 1. The lowest BCUT2D eigenvalue weighted by Gasteiger charge is -2.19. The van der Waals surface area contributed by atoms with Gasteiger partial charge in [-0.05, 0) is 23.0 Å². The van der Waals surface area contributed by atoms with Crippen molar-refractivity contribution in [3.8, 4) is 12.3 Å². The van der Waals surface area contributed by atoms with Crippen molar-refractivity contribution in [1.29, 1.82) is 0 Å². The fourth-order valence-corrected chi connectivity index (χ4v) is 1.85. The molecule has 0 bridgehead atoms. The van der Waals surface area contributed by atoms with Crippen LogP contribution in [0, 0.1) is 12.3 Å². The molecular weight excluding hydrogens is 373 g/mol. The van der Waals surface area contributed by atoms with E-state index in [-0.39, 0.29) is 29.4 Å². The molecule has 3 nitrogen and oxygen atoms in total. The smallest absolute Gasteiger partial charge is 0.191 e. The van der Waals surface area contributed by atoms with Gasteiger partial charge in [0, 0.05) is 13.6 Å². The largest absolute Gasteiger partial charge is 0.356 e. The van der Waals surface area contributed by atoms with Gasteiger partial charge in [-0.15, -0.1) is 30.4 Å². The Kier molecular flexibility index (Phi) is 9.11. The summed E-state index contributed by atoms with van der Waals surface area (Å²) >= 11 is 0. The van der Waals surface area contributed by atoms with E-state index in [0.29, 0.717) is 6.54 Å². The summed E-state index contributed by atoms with van der Waals surface area (Å²) in [5.74, 6) is 3.27. The highest BCUT2D eigenvalue weighted by Crippen LogP contribution is 2.22. The molecule has 0 radical (unpaired) electrons. The molecule has 0 aliphatic carbocycles. The number of guanidine groups is 1. The van der Waals surface area contributed by atoms with Crippen molar-refractivity contribution in [1.82, 2.24) is 10.6 Å². The zero-order chi connectivity index (χ0) is 15.0. The molecule has 2 N–H and O–H groups in total. The van der Waals surface area contributed by atoms with Crippen LogP contribution in [0.1, 0.15) is 31.9 Å². The van der Waals surface area contributed by atoms with E-state index in [0.717, 1.165) is 18.9 Å². The van der Waals surface area contributed by atoms with Crippen LogP contribution in [0.4, 0.5) is 0 Å². The Morgan fingerprint density at radius 2 is 1.81 bits per heavy atom. The van der Waals surface area contributed by atoms with Gasteiger partial charge < -0.3 is 10.6 Å². The molecule has 0 aliphatic rings. The van der Waals surface area contributed by atoms with Crippen LogP contribution in [-0.4, -0.2) is 26.1 Å². The van der Waals surface area contributed by atoms with Gasteiger partial charge in [-0.2, -0.15) is 0 Å². The van der Waals surface area contributed by atoms with Crippen LogP contribution >= 0.6 is 24.0 Å². The summed E-state index contributed by atoms with van der Waals surface area (Å²) in [6.45, 7) is 8.00. The van der Waals surface area contributed by atoms with Gasteiger partial charge in [0.2, 0.25) is 0 Å². The summed E-state index contributed by atoms with van der Waals surface area (Å²) in [6, 6.07) is 8.81. The minimum Gasteiger partial charge on any atom is -0.356 e. The fourth-order valence-electron chi connectivity index (χ4n) is 1.85. The van der Waals surface area contributed by atoms with Crippen molar-refractivity contribution in [2.45, 2.75) is 32.6 Å². The zero-order valence-corrected chi connectivity index (χ0v) is 15.7. The van der Waals surface area contributed by atoms with Gasteiger partial charge in [0.05, 0.1) is 6.54 Å². The van der Waals surface area contributed by atoms with Gasteiger partial charge in [-0.25, -0.2) is 0 Å². The van der Waals surface area contributed by atoms with Gasteiger partial charge in [-0.1, -0.05) is 51.0 Å². The highest BCUT2D eigenvalue weighted by atomic mass is 127. The van der Waals surface area contributed by atoms with Crippen LogP contribution in [0.5, 0.6) is 0 Å². The molecule has 116 valence electrons. The maximum Gasteiger partial charge on any atom is 0.191 e. The molecule has 1 rings (SSSR count). The molecule has 0 heterocycles. The van der Waals surface area contributed by atoms with Gasteiger partial charge in [-0.3, -0.25) is 4.99 Å². The Morgan fingerprint density at radius 1 is 1.19 bits per heavy atom. The van der Waals surface area contributed by atoms with E-state index in [1.54, 1.807) is 7.05 Å². The molecule has 0 aromatic heterocycles. The SMILES string of the molecule is C#CCNC(=NC)NCCc1ccc(C(C)(C)C)cc1.I. The lowest BCUT2D eigenvalue weighted by Crippen LogP contribution is -2.38. The molecule has 0 fully saturated rings. The quantitative estimate of drug-likeness (QED) is 0.354. The van der Waals surface area contributed by atoms with Gasteiger partial charge in [0.25, 0.3) is 0 Å². The molecule has 0 spiro atoms. The van der Waals surface area contributed by atoms with Gasteiger partial charge in [0.15, 0.2) is 5.96 Å². The topological polar surface area (TPSA) is 36.4 Å². The van der Waals surface area contributed by atoms with E-state index in [1.165, 1.54) is 11.1 Å². The first-order chi connectivity index (χ1) is 9.47. The molecule has 4 heteroatoms. The highest BCUT2D eigenvalue weighted by Gasteiger charge is 2.12. The lowest BCUT2D eigenvalue weighted by atomic mass is 9.86. The molecule has 0 unspecified atom stereocenters. The first kappa shape index (κ1) is 19.8. The van der Waals surface area contributed by atoms with Crippen molar-refractivity contribution in [2.75, 3.05) is 20.1 Å². The lowest BCUT2D eigenvalue weighted by molar-refractivity contribution is 0.590. The second kappa shape index (κ2) is 9.67. The van der Waals surface area contributed by atoms with Crippen LogP contribution in [-0.2, 0) is 11.8 Å². The van der Waals surface area contributed by atoms with Crippen molar-refractivity contribution in [2.24, 2.45) is 4.99 Å². The predicted octanol–water partition coefficient (Wildman–Crippen LogP) is 2.94. The minimum atomic E-state index is 0. The Balaban J connectivity index is 0.00000400. The van der Waals surface area contributed by atoms with E-state index in [1.807, 2.05) is 0 Å². The highest BCUT2D eigenvalue weighted by molar-refractivity contribution is 14.0. The number of halogens is 1. The number of nitrogens with zero attached hydrogens (tertiary/aromatic N) is 1. The summed E-state index contributed by atoms with van der Waals surface area (Å²) in [7, 11) is 1.74. The second-order valence-corrected chi connectivity index (χ2v) is 5.75. The molecule has 0 aliphatic heterocycles. The summed E-state index contributed by atoms with van der Waals surface area (Å²) in [5, 5.41) is 6.28. The van der Waals surface area contributed by atoms with E-state index < -0.39 is 0 Å². The Bertz CT molecular complexity index is 478. The third-order valence-corrected chi connectivity index (χ3v) is 3.11. The Hall–Kier alpha value is -1.22. The molecule has 0 saturated carbocycles. The monoisotopic (exact) mass is 399 g/mol. The van der Waals surface area contributed by atoms with E-state index in [4.69, 9.17) is 6.42 Å². The third kappa shape index (κ3) is 7.37. The predicted molar refractivity (Wildman–Crippen MR) is 102 cm³/mol. The van der Waals surface area contributed by atoms with Crippen LogP contribution in [0.3, 0.4) is 0 Å². The Labute approximate surface area is 146 Å². The van der Waals surface area contributed by atoms with E-state index >= 15 is 0 Å². The molecular formula is C17H26IN3. The summed E-state index contributed by atoms with van der Waals surface area (Å²) in [5.41, 5.74) is 2.89. The van der Waals surface area contributed by atoms with Crippen molar-refractivity contribution in [3.63, 3.8) is 0 Å². The van der Waals surface area contributed by atoms with Crippen LogP contribution in [0.15, 0.2) is 29.3 Å². The maximum atomic E-state index is 5.21.